The highest BCUT2D eigenvalue weighted by Gasteiger charge is 2.41. The Morgan fingerprint density at radius 3 is 2.78 bits per heavy atom. The van der Waals surface area contributed by atoms with Crippen LogP contribution in [0.1, 0.15) is 17.7 Å². The normalized spacial score (nSPS) is 20.1. The standard InChI is InChI=1S/C13H11ClF3N/c14-10-3-1-2-8-9-6-7(13(15,16)17)4-5-11(9)18-12(8)10/h1-3,7,18H,4-6H2. The second-order valence-electron chi connectivity index (χ2n) is 4.73. The van der Waals surface area contributed by atoms with Gasteiger partial charge in [0.2, 0.25) is 0 Å². The van der Waals surface area contributed by atoms with Crippen molar-refractivity contribution in [2.24, 2.45) is 5.92 Å². The number of halogens is 4. The Hall–Kier alpha value is -1.16. The molecule has 2 aromatic rings. The molecule has 1 N–H and O–H groups in total. The van der Waals surface area contributed by atoms with Crippen LogP contribution in [-0.2, 0) is 12.8 Å². The van der Waals surface area contributed by atoms with Gasteiger partial charge < -0.3 is 4.98 Å². The summed E-state index contributed by atoms with van der Waals surface area (Å²) in [6.07, 6.45) is -3.47. The first-order chi connectivity index (χ1) is 8.47. The predicted molar refractivity (Wildman–Crippen MR) is 64.9 cm³/mol. The Morgan fingerprint density at radius 1 is 1.28 bits per heavy atom. The number of fused-ring (bicyclic) bond motifs is 3. The maximum absolute atomic E-state index is 12.8. The minimum atomic E-state index is -4.11. The molecule has 3 rings (SSSR count). The van der Waals surface area contributed by atoms with Gasteiger partial charge in [-0.25, -0.2) is 0 Å². The molecular weight excluding hydrogens is 263 g/mol. The zero-order valence-corrected chi connectivity index (χ0v) is 10.2. The van der Waals surface area contributed by atoms with Gasteiger partial charge >= 0.3 is 6.18 Å². The molecule has 5 heteroatoms. The quantitative estimate of drug-likeness (QED) is 0.728. The number of nitrogens with one attached hydrogen (secondary N) is 1. The summed E-state index contributed by atoms with van der Waals surface area (Å²) in [5.74, 6) is -1.23. The van der Waals surface area contributed by atoms with Crippen LogP contribution in [0.25, 0.3) is 10.9 Å². The molecule has 1 atom stereocenters. The molecule has 96 valence electrons. The van der Waals surface area contributed by atoms with Crippen LogP contribution in [0.3, 0.4) is 0 Å². The van der Waals surface area contributed by atoms with Gasteiger partial charge in [0.15, 0.2) is 0 Å². The Morgan fingerprint density at radius 2 is 2.06 bits per heavy atom. The van der Waals surface area contributed by atoms with E-state index >= 15 is 0 Å². The third kappa shape index (κ3) is 1.79. The fourth-order valence-corrected chi connectivity index (χ4v) is 2.91. The molecule has 0 radical (unpaired) electrons. The number of aryl methyl sites for hydroxylation is 1. The van der Waals surface area contributed by atoms with E-state index < -0.39 is 12.1 Å². The van der Waals surface area contributed by atoms with Crippen LogP contribution in [0, 0.1) is 5.92 Å². The molecular formula is C13H11ClF3N. The summed E-state index contributed by atoms with van der Waals surface area (Å²) >= 11 is 6.05. The van der Waals surface area contributed by atoms with E-state index in [4.69, 9.17) is 11.6 Å². The van der Waals surface area contributed by atoms with Crippen molar-refractivity contribution < 1.29 is 13.2 Å². The van der Waals surface area contributed by atoms with E-state index in [-0.39, 0.29) is 12.8 Å². The molecule has 0 saturated heterocycles. The maximum atomic E-state index is 12.8. The van der Waals surface area contributed by atoms with Crippen LogP contribution in [0.5, 0.6) is 0 Å². The number of benzene rings is 1. The minimum Gasteiger partial charge on any atom is -0.357 e. The lowest BCUT2D eigenvalue weighted by atomic mass is 9.86. The van der Waals surface area contributed by atoms with Gasteiger partial charge in [-0.1, -0.05) is 23.7 Å². The summed E-state index contributed by atoms with van der Waals surface area (Å²) in [4.78, 5) is 3.16. The largest absolute Gasteiger partial charge is 0.392 e. The summed E-state index contributed by atoms with van der Waals surface area (Å²) in [7, 11) is 0. The molecule has 1 nitrogen and oxygen atoms in total. The van der Waals surface area contributed by atoms with Crippen molar-refractivity contribution in [3.63, 3.8) is 0 Å². The van der Waals surface area contributed by atoms with Crippen molar-refractivity contribution in [3.05, 3.63) is 34.5 Å². The summed E-state index contributed by atoms with van der Waals surface area (Å²) in [5, 5.41) is 1.39. The number of hydrogen-bond acceptors (Lipinski definition) is 0. The lowest BCUT2D eigenvalue weighted by Crippen LogP contribution is -2.28. The first-order valence-electron chi connectivity index (χ1n) is 5.81. The van der Waals surface area contributed by atoms with Crippen molar-refractivity contribution in [2.45, 2.75) is 25.4 Å². The molecule has 1 unspecified atom stereocenters. The summed E-state index contributed by atoms with van der Waals surface area (Å²) in [6.45, 7) is 0. The van der Waals surface area contributed by atoms with Gasteiger partial charge in [-0.05, 0) is 30.9 Å². The maximum Gasteiger partial charge on any atom is 0.392 e. The van der Waals surface area contributed by atoms with E-state index in [1.54, 1.807) is 12.1 Å². The van der Waals surface area contributed by atoms with Crippen molar-refractivity contribution in [3.8, 4) is 0 Å². The van der Waals surface area contributed by atoms with E-state index in [2.05, 4.69) is 4.98 Å². The SMILES string of the molecule is FC(F)(F)C1CCc2[nH]c3c(Cl)cccc3c2C1. The molecule has 1 aromatic heterocycles. The molecule has 18 heavy (non-hydrogen) atoms. The first kappa shape index (κ1) is 11.9. The van der Waals surface area contributed by atoms with Crippen LogP contribution >= 0.6 is 11.6 Å². The molecule has 1 aliphatic rings. The third-order valence-corrected chi connectivity index (χ3v) is 3.95. The highest BCUT2D eigenvalue weighted by Crippen LogP contribution is 2.40. The van der Waals surface area contributed by atoms with Gasteiger partial charge in [-0.2, -0.15) is 13.2 Å². The lowest BCUT2D eigenvalue weighted by molar-refractivity contribution is -0.177. The van der Waals surface area contributed by atoms with E-state index in [0.29, 0.717) is 11.4 Å². The molecule has 0 aliphatic heterocycles. The zero-order valence-electron chi connectivity index (χ0n) is 9.44. The molecule has 0 spiro atoms. The molecule has 1 aromatic carbocycles. The fourth-order valence-electron chi connectivity index (χ4n) is 2.68. The second-order valence-corrected chi connectivity index (χ2v) is 5.13. The van der Waals surface area contributed by atoms with Crippen LogP contribution in [0.15, 0.2) is 18.2 Å². The zero-order chi connectivity index (χ0) is 12.9. The van der Waals surface area contributed by atoms with E-state index in [1.165, 1.54) is 0 Å². The number of aromatic amines is 1. The fraction of sp³-hybridized carbons (Fsp3) is 0.385. The van der Waals surface area contributed by atoms with Gasteiger partial charge in [0.05, 0.1) is 16.5 Å². The summed E-state index contributed by atoms with van der Waals surface area (Å²) < 4.78 is 38.4. The van der Waals surface area contributed by atoms with Gasteiger partial charge in [-0.3, -0.25) is 0 Å². The average molecular weight is 274 g/mol. The number of hydrogen-bond donors (Lipinski definition) is 1. The number of alkyl halides is 3. The van der Waals surface area contributed by atoms with Gasteiger partial charge in [0.25, 0.3) is 0 Å². The molecule has 0 amide bonds. The smallest absolute Gasteiger partial charge is 0.357 e. The van der Waals surface area contributed by atoms with E-state index in [0.717, 1.165) is 22.2 Å². The number of rotatable bonds is 0. The number of para-hydroxylation sites is 1. The van der Waals surface area contributed by atoms with Gasteiger partial charge in [0, 0.05) is 11.1 Å². The van der Waals surface area contributed by atoms with Crippen LogP contribution in [0.2, 0.25) is 5.02 Å². The Kier molecular flexibility index (Phi) is 2.59. The Bertz CT molecular complexity index is 600. The average Bonchev–Trinajstić information content (AvgIpc) is 2.67. The molecule has 0 fully saturated rings. The van der Waals surface area contributed by atoms with Gasteiger partial charge in [0.1, 0.15) is 0 Å². The van der Waals surface area contributed by atoms with Crippen molar-refractivity contribution in [2.75, 3.05) is 0 Å². The monoisotopic (exact) mass is 273 g/mol. The van der Waals surface area contributed by atoms with Crippen molar-refractivity contribution >= 4 is 22.5 Å². The molecule has 0 saturated carbocycles. The molecule has 0 bridgehead atoms. The summed E-state index contributed by atoms with van der Waals surface area (Å²) in [6, 6.07) is 5.35. The number of aromatic nitrogens is 1. The summed E-state index contributed by atoms with van der Waals surface area (Å²) in [5.41, 5.74) is 2.44. The minimum absolute atomic E-state index is 0.0547. The number of H-pyrrole nitrogens is 1. The van der Waals surface area contributed by atoms with E-state index in [9.17, 15) is 13.2 Å². The third-order valence-electron chi connectivity index (χ3n) is 3.64. The topological polar surface area (TPSA) is 15.8 Å². The second kappa shape index (κ2) is 3.92. The van der Waals surface area contributed by atoms with Crippen LogP contribution < -0.4 is 0 Å². The highest BCUT2D eigenvalue weighted by atomic mass is 35.5. The Labute approximate surface area is 107 Å². The lowest BCUT2D eigenvalue weighted by Gasteiger charge is -2.24. The van der Waals surface area contributed by atoms with Crippen molar-refractivity contribution in [1.29, 1.82) is 0 Å². The van der Waals surface area contributed by atoms with Crippen molar-refractivity contribution in [1.82, 2.24) is 4.98 Å². The van der Waals surface area contributed by atoms with Crippen LogP contribution in [0.4, 0.5) is 13.2 Å². The Balaban J connectivity index is 2.10. The van der Waals surface area contributed by atoms with E-state index in [1.807, 2.05) is 6.07 Å². The highest BCUT2D eigenvalue weighted by molar-refractivity contribution is 6.35. The molecule has 1 heterocycles. The van der Waals surface area contributed by atoms with Gasteiger partial charge in [-0.15, -0.1) is 0 Å². The first-order valence-corrected chi connectivity index (χ1v) is 6.19. The van der Waals surface area contributed by atoms with Crippen LogP contribution in [-0.4, -0.2) is 11.2 Å². The molecule has 1 aliphatic carbocycles. The predicted octanol–water partition coefficient (Wildman–Crippen LogP) is 4.49.